The van der Waals surface area contributed by atoms with Crippen molar-refractivity contribution in [1.82, 2.24) is 5.32 Å². The fourth-order valence-electron chi connectivity index (χ4n) is 2.94. The zero-order chi connectivity index (χ0) is 15.2. The lowest BCUT2D eigenvalue weighted by molar-refractivity contribution is 0.0921. The van der Waals surface area contributed by atoms with Gasteiger partial charge in [-0.2, -0.15) is 0 Å². The minimum atomic E-state index is -0.0384. The van der Waals surface area contributed by atoms with Crippen LogP contribution in [0.1, 0.15) is 56.3 Å². The van der Waals surface area contributed by atoms with Gasteiger partial charge in [-0.15, -0.1) is 0 Å². The van der Waals surface area contributed by atoms with Gasteiger partial charge in [0.1, 0.15) is 5.75 Å². The van der Waals surface area contributed by atoms with E-state index in [0.717, 1.165) is 6.42 Å². The summed E-state index contributed by atoms with van der Waals surface area (Å²) in [5.41, 5.74) is 7.04. The minimum Gasteiger partial charge on any atom is -0.492 e. The van der Waals surface area contributed by atoms with Crippen LogP contribution in [-0.2, 0) is 0 Å². The quantitative estimate of drug-likeness (QED) is 0.660. The molecule has 21 heavy (non-hydrogen) atoms. The monoisotopic (exact) mass is 290 g/mol. The van der Waals surface area contributed by atoms with Gasteiger partial charge in [-0.3, -0.25) is 4.79 Å². The normalized spacial score (nSPS) is 22.4. The van der Waals surface area contributed by atoms with E-state index in [9.17, 15) is 4.79 Å². The molecular weight excluding hydrogens is 264 g/mol. The lowest BCUT2D eigenvalue weighted by atomic mass is 9.96. The number of carbonyl (C=O) groups excluding carboxylic acids is 1. The maximum atomic E-state index is 12.4. The Balaban J connectivity index is 2.04. The highest BCUT2D eigenvalue weighted by atomic mass is 16.5. The molecule has 1 aliphatic rings. The lowest BCUT2D eigenvalue weighted by Crippen LogP contribution is -2.38. The van der Waals surface area contributed by atoms with Crippen molar-refractivity contribution in [3.8, 4) is 5.75 Å². The summed E-state index contributed by atoms with van der Waals surface area (Å²) >= 11 is 0. The van der Waals surface area contributed by atoms with E-state index < -0.39 is 0 Å². The van der Waals surface area contributed by atoms with E-state index in [-0.39, 0.29) is 11.9 Å². The van der Waals surface area contributed by atoms with E-state index in [4.69, 9.17) is 10.5 Å². The number of nitrogen functional groups attached to an aromatic ring is 1. The van der Waals surface area contributed by atoms with Crippen molar-refractivity contribution in [2.75, 3.05) is 12.3 Å². The van der Waals surface area contributed by atoms with E-state index >= 15 is 0 Å². The second kappa shape index (κ2) is 7.34. The third-order valence-corrected chi connectivity index (χ3v) is 4.25. The second-order valence-electron chi connectivity index (χ2n) is 5.88. The highest BCUT2D eigenvalue weighted by Crippen LogP contribution is 2.25. The number of carbonyl (C=O) groups is 1. The Bertz CT molecular complexity index is 488. The van der Waals surface area contributed by atoms with Gasteiger partial charge in [0.25, 0.3) is 5.91 Å². The Morgan fingerprint density at radius 3 is 2.81 bits per heavy atom. The zero-order valence-corrected chi connectivity index (χ0v) is 13.0. The number of nitrogens with one attached hydrogen (secondary N) is 1. The van der Waals surface area contributed by atoms with Gasteiger partial charge in [0.15, 0.2) is 0 Å². The summed E-state index contributed by atoms with van der Waals surface area (Å²) in [7, 11) is 0. The second-order valence-corrected chi connectivity index (χ2v) is 5.88. The van der Waals surface area contributed by atoms with Crippen molar-refractivity contribution < 1.29 is 9.53 Å². The van der Waals surface area contributed by atoms with Crippen LogP contribution >= 0.6 is 0 Å². The van der Waals surface area contributed by atoms with Crippen LogP contribution in [0.25, 0.3) is 0 Å². The summed E-state index contributed by atoms with van der Waals surface area (Å²) in [5, 5.41) is 3.17. The molecule has 1 aliphatic carbocycles. The number of nitrogens with two attached hydrogens (primary N) is 1. The molecule has 4 heteroatoms. The van der Waals surface area contributed by atoms with Crippen LogP contribution < -0.4 is 15.8 Å². The van der Waals surface area contributed by atoms with Gasteiger partial charge in [-0.25, -0.2) is 0 Å². The van der Waals surface area contributed by atoms with Gasteiger partial charge >= 0.3 is 0 Å². The van der Waals surface area contributed by atoms with Gasteiger partial charge < -0.3 is 15.8 Å². The smallest absolute Gasteiger partial charge is 0.251 e. The Kier molecular flexibility index (Phi) is 5.48. The maximum absolute atomic E-state index is 12.4. The summed E-state index contributed by atoms with van der Waals surface area (Å²) in [4.78, 5) is 12.4. The number of rotatable bonds is 4. The van der Waals surface area contributed by atoms with Crippen LogP contribution in [0.2, 0.25) is 0 Å². The molecule has 1 saturated carbocycles. The van der Waals surface area contributed by atoms with Gasteiger partial charge in [-0.05, 0) is 43.9 Å². The van der Waals surface area contributed by atoms with Crippen LogP contribution in [0.3, 0.4) is 0 Å². The van der Waals surface area contributed by atoms with Crippen molar-refractivity contribution in [3.05, 3.63) is 23.8 Å². The SMILES string of the molecule is CCOc1ccc(C(=O)NC2CCCCCC2C)cc1N. The summed E-state index contributed by atoms with van der Waals surface area (Å²) in [6, 6.07) is 5.51. The Morgan fingerprint density at radius 2 is 2.10 bits per heavy atom. The third-order valence-electron chi connectivity index (χ3n) is 4.25. The number of amides is 1. The first-order valence-corrected chi connectivity index (χ1v) is 7.95. The van der Waals surface area contributed by atoms with Gasteiger partial charge in [0.05, 0.1) is 12.3 Å². The van der Waals surface area contributed by atoms with Crippen LogP contribution in [0.4, 0.5) is 5.69 Å². The van der Waals surface area contributed by atoms with Crippen molar-refractivity contribution in [1.29, 1.82) is 0 Å². The largest absolute Gasteiger partial charge is 0.492 e. The molecule has 1 aromatic carbocycles. The molecule has 2 rings (SSSR count). The first-order chi connectivity index (χ1) is 10.1. The molecule has 2 unspecified atom stereocenters. The predicted molar refractivity (Wildman–Crippen MR) is 85.5 cm³/mol. The number of hydrogen-bond acceptors (Lipinski definition) is 3. The van der Waals surface area contributed by atoms with Crippen molar-refractivity contribution >= 4 is 11.6 Å². The van der Waals surface area contributed by atoms with Crippen molar-refractivity contribution in [3.63, 3.8) is 0 Å². The summed E-state index contributed by atoms with van der Waals surface area (Å²) in [6.45, 7) is 4.70. The molecule has 4 nitrogen and oxygen atoms in total. The van der Waals surface area contributed by atoms with E-state index in [1.807, 2.05) is 6.92 Å². The van der Waals surface area contributed by atoms with Crippen LogP contribution in [-0.4, -0.2) is 18.6 Å². The minimum absolute atomic E-state index is 0.0384. The molecular formula is C17H26N2O2. The molecule has 0 saturated heterocycles. The number of benzene rings is 1. The third kappa shape index (κ3) is 4.13. The molecule has 0 bridgehead atoms. The highest BCUT2D eigenvalue weighted by molar-refractivity contribution is 5.95. The molecule has 0 spiro atoms. The molecule has 1 amide bonds. The van der Waals surface area contributed by atoms with E-state index in [2.05, 4.69) is 12.2 Å². The summed E-state index contributed by atoms with van der Waals surface area (Å²) in [5.74, 6) is 1.14. The Morgan fingerprint density at radius 1 is 1.33 bits per heavy atom. The molecule has 0 radical (unpaired) electrons. The number of ether oxygens (including phenoxy) is 1. The van der Waals surface area contributed by atoms with E-state index in [1.165, 1.54) is 25.7 Å². The average Bonchev–Trinajstić information content (AvgIpc) is 2.66. The number of hydrogen-bond donors (Lipinski definition) is 2. The molecule has 3 N–H and O–H groups in total. The standard InChI is InChI=1S/C17H26N2O2/c1-3-21-16-10-9-13(11-14(16)18)17(20)19-15-8-6-4-5-7-12(15)2/h9-12,15H,3-8,18H2,1-2H3,(H,19,20). The van der Waals surface area contributed by atoms with Crippen LogP contribution in [0, 0.1) is 5.92 Å². The van der Waals surface area contributed by atoms with Gasteiger partial charge in [0.2, 0.25) is 0 Å². The molecule has 2 atom stereocenters. The summed E-state index contributed by atoms with van der Waals surface area (Å²) in [6.07, 6.45) is 5.99. The average molecular weight is 290 g/mol. The molecule has 0 heterocycles. The maximum Gasteiger partial charge on any atom is 0.251 e. The summed E-state index contributed by atoms with van der Waals surface area (Å²) < 4.78 is 5.40. The van der Waals surface area contributed by atoms with Crippen molar-refractivity contribution in [2.24, 2.45) is 5.92 Å². The Hall–Kier alpha value is -1.71. The van der Waals surface area contributed by atoms with Gasteiger partial charge in [0, 0.05) is 11.6 Å². The molecule has 0 aromatic heterocycles. The molecule has 1 aromatic rings. The van der Waals surface area contributed by atoms with E-state index in [1.54, 1.807) is 18.2 Å². The molecule has 1 fully saturated rings. The van der Waals surface area contributed by atoms with Crippen LogP contribution in [0.15, 0.2) is 18.2 Å². The fourth-order valence-corrected chi connectivity index (χ4v) is 2.94. The fraction of sp³-hybridized carbons (Fsp3) is 0.588. The van der Waals surface area contributed by atoms with Crippen LogP contribution in [0.5, 0.6) is 5.75 Å². The first kappa shape index (κ1) is 15.7. The highest BCUT2D eigenvalue weighted by Gasteiger charge is 2.22. The van der Waals surface area contributed by atoms with E-state index in [0.29, 0.717) is 29.5 Å². The number of anilines is 1. The molecule has 116 valence electrons. The Labute approximate surface area is 127 Å². The predicted octanol–water partition coefficient (Wildman–Crippen LogP) is 3.37. The lowest BCUT2D eigenvalue weighted by Gasteiger charge is -2.23. The topological polar surface area (TPSA) is 64.3 Å². The van der Waals surface area contributed by atoms with Gasteiger partial charge in [-0.1, -0.05) is 26.2 Å². The molecule has 0 aliphatic heterocycles. The first-order valence-electron chi connectivity index (χ1n) is 7.95. The van der Waals surface area contributed by atoms with Crippen molar-refractivity contribution in [2.45, 2.75) is 52.0 Å². The zero-order valence-electron chi connectivity index (χ0n) is 13.0.